The molecule has 21 heavy (non-hydrogen) atoms. The molecule has 2 rings (SSSR count). The van der Waals surface area contributed by atoms with Crippen LogP contribution in [0.2, 0.25) is 0 Å². The van der Waals surface area contributed by atoms with Gasteiger partial charge in [-0.15, -0.1) is 0 Å². The summed E-state index contributed by atoms with van der Waals surface area (Å²) in [6.07, 6.45) is 3.29. The maximum absolute atomic E-state index is 12.3. The summed E-state index contributed by atoms with van der Waals surface area (Å²) < 4.78 is 5.37. The number of ether oxygens (including phenoxy) is 1. The molecule has 1 unspecified atom stereocenters. The zero-order valence-electron chi connectivity index (χ0n) is 12.0. The van der Waals surface area contributed by atoms with Gasteiger partial charge in [0.2, 0.25) is 0 Å². The molecule has 1 fully saturated rings. The molecule has 1 atom stereocenters. The Morgan fingerprint density at radius 1 is 1.19 bits per heavy atom. The van der Waals surface area contributed by atoms with Crippen molar-refractivity contribution in [3.63, 3.8) is 0 Å². The molecule has 0 aromatic heterocycles. The van der Waals surface area contributed by atoms with E-state index in [0.29, 0.717) is 6.54 Å². The van der Waals surface area contributed by atoms with Crippen LogP contribution in [0.4, 0.5) is 4.79 Å². The number of benzene rings is 1. The molecule has 0 radical (unpaired) electrons. The second kappa shape index (κ2) is 8.17. The number of rotatable bonds is 4. The fourth-order valence-corrected chi connectivity index (χ4v) is 2.93. The number of alkyl halides is 1. The van der Waals surface area contributed by atoms with Crippen molar-refractivity contribution >= 4 is 27.8 Å². The summed E-state index contributed by atoms with van der Waals surface area (Å²) >= 11 is 3.20. The van der Waals surface area contributed by atoms with E-state index in [1.165, 1.54) is 0 Å². The number of nitrogens with zero attached hydrogens (tertiary/aromatic N) is 1. The van der Waals surface area contributed by atoms with E-state index >= 15 is 0 Å². The Hall–Kier alpha value is -1.36. The number of likely N-dealkylation sites (tertiary alicyclic amines) is 1. The smallest absolute Gasteiger partial charge is 0.410 e. The van der Waals surface area contributed by atoms with Gasteiger partial charge in [-0.25, -0.2) is 4.79 Å². The van der Waals surface area contributed by atoms with Crippen LogP contribution < -0.4 is 0 Å². The molecule has 0 aliphatic carbocycles. The van der Waals surface area contributed by atoms with Gasteiger partial charge in [-0.05, 0) is 18.4 Å². The quantitative estimate of drug-likeness (QED) is 0.777. The Balaban J connectivity index is 1.98. The molecule has 1 aromatic rings. The third-order valence-electron chi connectivity index (χ3n) is 3.70. The van der Waals surface area contributed by atoms with Crippen LogP contribution in [0, 0.1) is 0 Å². The Kier molecular flexibility index (Phi) is 6.23. The maximum atomic E-state index is 12.3. The van der Waals surface area contributed by atoms with Gasteiger partial charge in [0, 0.05) is 6.54 Å². The van der Waals surface area contributed by atoms with Crippen LogP contribution in [0.5, 0.6) is 0 Å². The summed E-state index contributed by atoms with van der Waals surface area (Å²) in [6, 6.07) is 9.21. The number of amides is 1. The van der Waals surface area contributed by atoms with E-state index in [1.54, 1.807) is 4.90 Å². The molecule has 1 saturated heterocycles. The van der Waals surface area contributed by atoms with Gasteiger partial charge in [0.15, 0.2) is 5.78 Å². The standard InChI is InChI=1S/C16H20BrNO3/c17-11-15(19)14-9-5-2-6-10-18(14)16(20)21-12-13-7-3-1-4-8-13/h1,3-4,7-8,14H,2,5-6,9-12H2. The van der Waals surface area contributed by atoms with Crippen LogP contribution >= 0.6 is 15.9 Å². The summed E-state index contributed by atoms with van der Waals surface area (Å²) in [6.45, 7) is 0.836. The van der Waals surface area contributed by atoms with Gasteiger partial charge in [-0.3, -0.25) is 9.69 Å². The molecule has 0 spiro atoms. The number of halogens is 1. The fraction of sp³-hybridized carbons (Fsp3) is 0.500. The molecule has 1 amide bonds. The lowest BCUT2D eigenvalue weighted by Gasteiger charge is -2.27. The number of Topliss-reactive ketones (excluding diaryl/α,β-unsaturated/α-hetero) is 1. The van der Waals surface area contributed by atoms with Crippen molar-refractivity contribution in [2.24, 2.45) is 0 Å². The zero-order chi connectivity index (χ0) is 15.1. The predicted molar refractivity (Wildman–Crippen MR) is 84.4 cm³/mol. The van der Waals surface area contributed by atoms with Crippen LogP contribution in [-0.4, -0.2) is 34.7 Å². The first-order valence-corrected chi connectivity index (χ1v) is 8.40. The molecule has 1 aliphatic heterocycles. The highest BCUT2D eigenvalue weighted by Gasteiger charge is 2.31. The van der Waals surface area contributed by atoms with Crippen LogP contribution in [0.15, 0.2) is 30.3 Å². The van der Waals surface area contributed by atoms with Gasteiger partial charge >= 0.3 is 6.09 Å². The minimum Gasteiger partial charge on any atom is -0.445 e. The van der Waals surface area contributed by atoms with Gasteiger partial charge < -0.3 is 4.74 Å². The van der Waals surface area contributed by atoms with E-state index in [4.69, 9.17) is 4.74 Å². The Morgan fingerprint density at radius 3 is 2.67 bits per heavy atom. The molecule has 1 heterocycles. The number of hydrogen-bond donors (Lipinski definition) is 0. The van der Waals surface area contributed by atoms with Crippen molar-refractivity contribution in [1.82, 2.24) is 4.90 Å². The van der Waals surface area contributed by atoms with E-state index in [2.05, 4.69) is 15.9 Å². The van der Waals surface area contributed by atoms with Crippen molar-refractivity contribution in [3.05, 3.63) is 35.9 Å². The minimum atomic E-state index is -0.389. The van der Waals surface area contributed by atoms with Crippen LogP contribution in [0.25, 0.3) is 0 Å². The Morgan fingerprint density at radius 2 is 1.95 bits per heavy atom. The molecular weight excluding hydrogens is 334 g/mol. The summed E-state index contributed by atoms with van der Waals surface area (Å²) in [5.74, 6) is 0.0496. The van der Waals surface area contributed by atoms with Crippen molar-refractivity contribution in [2.75, 3.05) is 11.9 Å². The lowest BCUT2D eigenvalue weighted by molar-refractivity contribution is -0.121. The topological polar surface area (TPSA) is 46.6 Å². The number of carbonyl (C=O) groups excluding carboxylic acids is 2. The van der Waals surface area contributed by atoms with Crippen molar-refractivity contribution in [1.29, 1.82) is 0 Å². The SMILES string of the molecule is O=C(CBr)C1CCCCCN1C(=O)OCc1ccccc1. The number of ketones is 1. The average molecular weight is 354 g/mol. The zero-order valence-corrected chi connectivity index (χ0v) is 13.5. The molecular formula is C16H20BrNO3. The largest absolute Gasteiger partial charge is 0.445 e. The predicted octanol–water partition coefficient (Wildman–Crippen LogP) is 3.53. The Labute approximate surface area is 133 Å². The lowest BCUT2D eigenvalue weighted by atomic mass is 10.1. The summed E-state index contributed by atoms with van der Waals surface area (Å²) in [5.41, 5.74) is 0.948. The van der Waals surface area contributed by atoms with E-state index in [-0.39, 0.29) is 29.9 Å². The average Bonchev–Trinajstić information content (AvgIpc) is 2.78. The second-order valence-electron chi connectivity index (χ2n) is 5.20. The monoisotopic (exact) mass is 353 g/mol. The molecule has 0 saturated carbocycles. The minimum absolute atomic E-state index is 0.0496. The van der Waals surface area contributed by atoms with Crippen LogP contribution in [0.1, 0.15) is 31.2 Å². The second-order valence-corrected chi connectivity index (χ2v) is 5.76. The lowest BCUT2D eigenvalue weighted by Crippen LogP contribution is -2.45. The molecule has 0 N–H and O–H groups in total. The van der Waals surface area contributed by atoms with Gasteiger partial charge in [0.1, 0.15) is 6.61 Å². The molecule has 1 aromatic carbocycles. The molecule has 0 bridgehead atoms. The highest BCUT2D eigenvalue weighted by Crippen LogP contribution is 2.19. The highest BCUT2D eigenvalue weighted by molar-refractivity contribution is 9.09. The van der Waals surface area contributed by atoms with Gasteiger partial charge in [0.05, 0.1) is 11.4 Å². The summed E-state index contributed by atoms with van der Waals surface area (Å²) in [7, 11) is 0. The molecule has 114 valence electrons. The van der Waals surface area contributed by atoms with Crippen molar-refractivity contribution in [2.45, 2.75) is 38.3 Å². The number of carbonyl (C=O) groups is 2. The van der Waals surface area contributed by atoms with Gasteiger partial charge in [-0.2, -0.15) is 0 Å². The van der Waals surface area contributed by atoms with E-state index in [1.807, 2.05) is 30.3 Å². The van der Waals surface area contributed by atoms with Crippen LogP contribution in [0.3, 0.4) is 0 Å². The maximum Gasteiger partial charge on any atom is 0.410 e. The molecule has 4 nitrogen and oxygen atoms in total. The normalized spacial score (nSPS) is 18.9. The Bertz CT molecular complexity index is 478. The van der Waals surface area contributed by atoms with E-state index in [9.17, 15) is 9.59 Å². The van der Waals surface area contributed by atoms with E-state index < -0.39 is 0 Å². The highest BCUT2D eigenvalue weighted by atomic mass is 79.9. The van der Waals surface area contributed by atoms with Crippen molar-refractivity contribution < 1.29 is 14.3 Å². The number of hydrogen-bond acceptors (Lipinski definition) is 3. The first-order valence-electron chi connectivity index (χ1n) is 7.28. The molecule has 5 heteroatoms. The third-order valence-corrected chi connectivity index (χ3v) is 4.25. The first kappa shape index (κ1) is 16.0. The van der Waals surface area contributed by atoms with Gasteiger partial charge in [0.25, 0.3) is 0 Å². The fourth-order valence-electron chi connectivity index (χ4n) is 2.55. The van der Waals surface area contributed by atoms with Crippen molar-refractivity contribution in [3.8, 4) is 0 Å². The van der Waals surface area contributed by atoms with Gasteiger partial charge in [-0.1, -0.05) is 59.1 Å². The third kappa shape index (κ3) is 4.56. The first-order chi connectivity index (χ1) is 10.2. The van der Waals surface area contributed by atoms with E-state index in [0.717, 1.165) is 31.2 Å². The summed E-state index contributed by atoms with van der Waals surface area (Å²) in [5, 5.41) is 0.278. The van der Waals surface area contributed by atoms with Crippen LogP contribution in [-0.2, 0) is 16.1 Å². The summed E-state index contributed by atoms with van der Waals surface area (Å²) in [4.78, 5) is 25.9. The molecule has 1 aliphatic rings.